The number of ether oxygens (including phenoxy) is 1. The van der Waals surface area contributed by atoms with Gasteiger partial charge in [-0.05, 0) is 0 Å². The van der Waals surface area contributed by atoms with Crippen molar-refractivity contribution in [1.29, 1.82) is 0 Å². The molecule has 2 unspecified atom stereocenters. The predicted molar refractivity (Wildman–Crippen MR) is 81.0 cm³/mol. The Morgan fingerprint density at radius 1 is 1.48 bits per heavy atom. The molecule has 3 fully saturated rings. The van der Waals surface area contributed by atoms with Gasteiger partial charge in [-0.2, -0.15) is 5.10 Å². The first-order valence-corrected chi connectivity index (χ1v) is 7.75. The maximum absolute atomic E-state index is 6.37. The molecule has 0 aliphatic carbocycles. The van der Waals surface area contributed by atoms with Gasteiger partial charge in [0.1, 0.15) is 0 Å². The van der Waals surface area contributed by atoms with Gasteiger partial charge in [-0.1, -0.05) is 11.6 Å². The molecule has 0 aromatic carbocycles. The van der Waals surface area contributed by atoms with Crippen molar-refractivity contribution in [2.24, 2.45) is 5.84 Å². The smallest absolute Gasteiger partial charge is 0.0835 e. The van der Waals surface area contributed by atoms with Gasteiger partial charge in [-0.25, -0.2) is 5.43 Å². The first-order chi connectivity index (χ1) is 10.2. The van der Waals surface area contributed by atoms with Crippen molar-refractivity contribution >= 4 is 11.6 Å². The molecule has 0 amide bonds. The van der Waals surface area contributed by atoms with Crippen LogP contribution in [0.15, 0.2) is 6.20 Å². The fraction of sp³-hybridized carbons (Fsp3) is 0.769. The van der Waals surface area contributed by atoms with Crippen LogP contribution in [0, 0.1) is 0 Å². The molecule has 118 valence electrons. The van der Waals surface area contributed by atoms with Crippen LogP contribution in [0.25, 0.3) is 0 Å². The number of halogens is 1. The summed E-state index contributed by atoms with van der Waals surface area (Å²) < 4.78 is 7.04. The summed E-state index contributed by atoms with van der Waals surface area (Å²) in [5.41, 5.74) is 3.92. The molecule has 7 nitrogen and oxygen atoms in total. The van der Waals surface area contributed by atoms with Gasteiger partial charge in [0.05, 0.1) is 36.1 Å². The minimum Gasteiger partial charge on any atom is -0.383 e. The molecule has 1 aromatic heterocycles. The van der Waals surface area contributed by atoms with E-state index in [1.54, 1.807) is 13.3 Å². The fourth-order valence-corrected chi connectivity index (χ4v) is 3.64. The summed E-state index contributed by atoms with van der Waals surface area (Å²) in [6.07, 6.45) is 1.69. The fourth-order valence-electron chi connectivity index (χ4n) is 3.38. The zero-order valence-corrected chi connectivity index (χ0v) is 13.1. The Hall–Kier alpha value is -0.700. The maximum atomic E-state index is 6.37. The molecule has 2 atom stereocenters. The van der Waals surface area contributed by atoms with Gasteiger partial charge in [0, 0.05) is 45.9 Å². The Kier molecular flexibility index (Phi) is 4.78. The van der Waals surface area contributed by atoms with Gasteiger partial charge in [-0.3, -0.25) is 20.3 Å². The maximum Gasteiger partial charge on any atom is 0.0835 e. The largest absolute Gasteiger partial charge is 0.383 e. The highest BCUT2D eigenvalue weighted by Crippen LogP contribution is 2.30. The lowest BCUT2D eigenvalue weighted by Gasteiger charge is -2.50. The van der Waals surface area contributed by atoms with E-state index in [1.165, 1.54) is 0 Å². The second-order valence-electron chi connectivity index (χ2n) is 5.64. The lowest BCUT2D eigenvalue weighted by atomic mass is 9.98. The number of nitrogens with two attached hydrogens (primary N) is 1. The van der Waals surface area contributed by atoms with Crippen LogP contribution in [0.1, 0.15) is 11.7 Å². The number of methoxy groups -OCH3 is 1. The molecule has 2 bridgehead atoms. The van der Waals surface area contributed by atoms with E-state index in [0.717, 1.165) is 38.4 Å². The number of fused-ring (bicyclic) bond motifs is 3. The van der Waals surface area contributed by atoms with Gasteiger partial charge in [0.15, 0.2) is 0 Å². The lowest BCUT2D eigenvalue weighted by Crippen LogP contribution is -2.64. The van der Waals surface area contributed by atoms with Gasteiger partial charge < -0.3 is 4.74 Å². The van der Waals surface area contributed by atoms with Crippen LogP contribution in [-0.4, -0.2) is 72.1 Å². The molecule has 21 heavy (non-hydrogen) atoms. The zero-order valence-electron chi connectivity index (χ0n) is 12.3. The summed E-state index contributed by atoms with van der Waals surface area (Å²) in [7, 11) is 1.68. The second kappa shape index (κ2) is 6.60. The van der Waals surface area contributed by atoms with Crippen LogP contribution < -0.4 is 11.3 Å². The molecule has 8 heteroatoms. The summed E-state index contributed by atoms with van der Waals surface area (Å²) in [6, 6.07) is 0.299. The lowest BCUT2D eigenvalue weighted by molar-refractivity contribution is -0.00515. The Balaban J connectivity index is 1.84. The van der Waals surface area contributed by atoms with Crippen LogP contribution in [0.5, 0.6) is 0 Å². The van der Waals surface area contributed by atoms with Crippen molar-refractivity contribution in [1.82, 2.24) is 25.0 Å². The third kappa shape index (κ3) is 2.94. The highest BCUT2D eigenvalue weighted by atomic mass is 35.5. The first-order valence-electron chi connectivity index (χ1n) is 7.37. The van der Waals surface area contributed by atoms with E-state index >= 15 is 0 Å². The van der Waals surface area contributed by atoms with Crippen LogP contribution in [-0.2, 0) is 11.3 Å². The number of piperazine rings is 3. The van der Waals surface area contributed by atoms with E-state index in [1.807, 2.05) is 4.68 Å². The zero-order chi connectivity index (χ0) is 14.8. The molecule has 3 N–H and O–H groups in total. The highest BCUT2D eigenvalue weighted by Gasteiger charge is 2.39. The minimum atomic E-state index is -0.0278. The highest BCUT2D eigenvalue weighted by molar-refractivity contribution is 6.31. The van der Waals surface area contributed by atoms with Crippen LogP contribution >= 0.6 is 11.6 Å². The molecule has 4 rings (SSSR count). The average molecular weight is 315 g/mol. The monoisotopic (exact) mass is 314 g/mol. The molecule has 3 saturated heterocycles. The van der Waals surface area contributed by atoms with Crippen molar-refractivity contribution in [3.05, 3.63) is 16.9 Å². The van der Waals surface area contributed by atoms with E-state index in [0.29, 0.717) is 24.2 Å². The standard InChI is InChI=1S/C13H23ClN6O/c1-21-7-6-20-13(10(14)8-16-20)12(17-15)11-9-18-2-4-19(11)5-3-18/h8,11-12,17H,2-7,9,15H2,1H3. The Bertz CT molecular complexity index is 473. The Labute approximate surface area is 129 Å². The van der Waals surface area contributed by atoms with Gasteiger partial charge in [-0.15, -0.1) is 0 Å². The molecule has 4 heterocycles. The van der Waals surface area contributed by atoms with Crippen molar-refractivity contribution in [3.63, 3.8) is 0 Å². The van der Waals surface area contributed by atoms with Crippen LogP contribution in [0.4, 0.5) is 0 Å². The molecule has 0 saturated carbocycles. The third-order valence-corrected chi connectivity index (χ3v) is 4.81. The number of rotatable bonds is 6. The number of hydrogen-bond donors (Lipinski definition) is 2. The normalized spacial score (nSPS) is 29.8. The van der Waals surface area contributed by atoms with Gasteiger partial charge in [0.2, 0.25) is 0 Å². The second-order valence-corrected chi connectivity index (χ2v) is 6.05. The van der Waals surface area contributed by atoms with Crippen LogP contribution in [0.2, 0.25) is 5.02 Å². The summed E-state index contributed by atoms with van der Waals surface area (Å²) in [5.74, 6) is 5.87. The molecule has 0 spiro atoms. The SMILES string of the molecule is COCCn1ncc(Cl)c1C(NN)C1CN2CCN1CC2. The molecule has 0 radical (unpaired) electrons. The van der Waals surface area contributed by atoms with Gasteiger partial charge >= 0.3 is 0 Å². The molecule has 3 aliphatic heterocycles. The third-order valence-electron chi connectivity index (χ3n) is 4.52. The quantitative estimate of drug-likeness (QED) is 0.554. The number of hydrazine groups is 1. The summed E-state index contributed by atoms with van der Waals surface area (Å²) in [4.78, 5) is 4.98. The summed E-state index contributed by atoms with van der Waals surface area (Å²) >= 11 is 6.37. The topological polar surface area (TPSA) is 71.6 Å². The van der Waals surface area contributed by atoms with E-state index in [9.17, 15) is 0 Å². The van der Waals surface area contributed by atoms with Gasteiger partial charge in [0.25, 0.3) is 0 Å². The van der Waals surface area contributed by atoms with Crippen molar-refractivity contribution < 1.29 is 4.74 Å². The number of nitrogens with one attached hydrogen (secondary N) is 1. The summed E-state index contributed by atoms with van der Waals surface area (Å²) in [5, 5.41) is 5.02. The van der Waals surface area contributed by atoms with Crippen molar-refractivity contribution in [3.8, 4) is 0 Å². The predicted octanol–water partition coefficient (Wildman–Crippen LogP) is -0.313. The molecular formula is C13H23ClN6O. The van der Waals surface area contributed by atoms with E-state index in [4.69, 9.17) is 22.2 Å². The first kappa shape index (κ1) is 15.2. The number of nitrogens with zero attached hydrogens (tertiary/aromatic N) is 4. The Morgan fingerprint density at radius 2 is 2.24 bits per heavy atom. The van der Waals surface area contributed by atoms with E-state index in [2.05, 4.69) is 20.3 Å². The minimum absolute atomic E-state index is 0.0278. The Morgan fingerprint density at radius 3 is 2.81 bits per heavy atom. The number of aromatic nitrogens is 2. The molecule has 1 aromatic rings. The van der Waals surface area contributed by atoms with Crippen molar-refractivity contribution in [2.75, 3.05) is 46.4 Å². The van der Waals surface area contributed by atoms with Crippen LogP contribution in [0.3, 0.4) is 0 Å². The molecule has 3 aliphatic rings. The van der Waals surface area contributed by atoms with E-state index in [-0.39, 0.29) is 6.04 Å². The molecular weight excluding hydrogens is 292 g/mol. The van der Waals surface area contributed by atoms with E-state index < -0.39 is 0 Å². The number of hydrogen-bond acceptors (Lipinski definition) is 6. The average Bonchev–Trinajstić information content (AvgIpc) is 2.89. The van der Waals surface area contributed by atoms with Crippen molar-refractivity contribution in [2.45, 2.75) is 18.6 Å². The summed E-state index contributed by atoms with van der Waals surface area (Å²) in [6.45, 7) is 6.75.